The summed E-state index contributed by atoms with van der Waals surface area (Å²) in [5.74, 6) is -2.44. The van der Waals surface area contributed by atoms with Crippen molar-refractivity contribution < 1.29 is 38.1 Å². The maximum Gasteiger partial charge on any atom is 0.336 e. The summed E-state index contributed by atoms with van der Waals surface area (Å²) >= 11 is 0. The van der Waals surface area contributed by atoms with Crippen molar-refractivity contribution in [3.05, 3.63) is 11.6 Å². The monoisotopic (exact) mass is 422 g/mol. The van der Waals surface area contributed by atoms with E-state index in [4.69, 9.17) is 23.7 Å². The molecule has 8 nitrogen and oxygen atoms in total. The van der Waals surface area contributed by atoms with Crippen LogP contribution in [0.25, 0.3) is 0 Å². The summed E-state index contributed by atoms with van der Waals surface area (Å²) in [6.07, 6.45) is 2.69. The maximum absolute atomic E-state index is 12.7. The number of allylic oxidation sites excluding steroid dienone is 1. The van der Waals surface area contributed by atoms with Crippen LogP contribution in [-0.4, -0.2) is 42.9 Å². The summed E-state index contributed by atoms with van der Waals surface area (Å²) in [4.78, 5) is 35.9. The molecule has 0 radical (unpaired) electrons. The molecule has 0 N–H and O–H groups in total. The SMILES string of the molecule is CC(=O)O[C@H]1O[C@H]2O[C@H]3OC(=O)/C(=C\[C@@]4(C)CCCC(C)(C)C4)[C@H]3[C@H]2[C@@H]1OC(C)=O. The number of carbonyl (C=O) groups is 3. The molecule has 3 saturated heterocycles. The van der Waals surface area contributed by atoms with Gasteiger partial charge in [-0.1, -0.05) is 33.3 Å². The molecule has 3 aliphatic heterocycles. The zero-order valence-electron chi connectivity index (χ0n) is 18.1. The van der Waals surface area contributed by atoms with Crippen LogP contribution in [0.1, 0.15) is 60.3 Å². The minimum atomic E-state index is -1.08. The van der Waals surface area contributed by atoms with Crippen molar-refractivity contribution in [2.24, 2.45) is 22.7 Å². The fraction of sp³-hybridized carbons (Fsp3) is 0.773. The van der Waals surface area contributed by atoms with Crippen LogP contribution in [0, 0.1) is 22.7 Å². The maximum atomic E-state index is 12.7. The van der Waals surface area contributed by atoms with Gasteiger partial charge >= 0.3 is 17.9 Å². The number of hydrogen-bond acceptors (Lipinski definition) is 8. The van der Waals surface area contributed by atoms with Gasteiger partial charge in [0.1, 0.15) is 0 Å². The zero-order valence-corrected chi connectivity index (χ0v) is 18.1. The van der Waals surface area contributed by atoms with E-state index >= 15 is 0 Å². The summed E-state index contributed by atoms with van der Waals surface area (Å²) < 4.78 is 27.7. The molecule has 4 fully saturated rings. The van der Waals surface area contributed by atoms with E-state index in [-0.39, 0.29) is 10.8 Å². The lowest BCUT2D eigenvalue weighted by Gasteiger charge is -2.41. The van der Waals surface area contributed by atoms with Crippen molar-refractivity contribution >= 4 is 17.9 Å². The Morgan fingerprint density at radius 3 is 2.37 bits per heavy atom. The highest BCUT2D eigenvalue weighted by Crippen LogP contribution is 2.53. The highest BCUT2D eigenvalue weighted by molar-refractivity contribution is 5.91. The fourth-order valence-electron chi connectivity index (χ4n) is 5.77. The molecule has 0 aromatic carbocycles. The highest BCUT2D eigenvalue weighted by Gasteiger charge is 2.65. The molecule has 7 atom stereocenters. The molecule has 166 valence electrons. The van der Waals surface area contributed by atoms with Gasteiger partial charge in [-0.25, -0.2) is 4.79 Å². The van der Waals surface area contributed by atoms with Crippen molar-refractivity contribution in [1.29, 1.82) is 0 Å². The standard InChI is InChI=1S/C22H30O8/c1-11(23)26-16-15-14-13(9-22(5)8-6-7-21(3,4)10-22)17(25)28-18(14)29-19(15)30-20(16)27-12(2)24/h9,14-16,18-20H,6-8,10H2,1-5H3/b13-9-/t14-,15-,16-,18+,19+,20-,22+/m0/s1. The Hall–Kier alpha value is -1.93. The van der Waals surface area contributed by atoms with Gasteiger partial charge in [0.25, 0.3) is 0 Å². The van der Waals surface area contributed by atoms with Gasteiger partial charge in [-0.2, -0.15) is 0 Å². The van der Waals surface area contributed by atoms with Crippen molar-refractivity contribution in [3.63, 3.8) is 0 Å². The number of esters is 3. The van der Waals surface area contributed by atoms with Gasteiger partial charge in [0.15, 0.2) is 12.4 Å². The number of rotatable bonds is 3. The first kappa shape index (κ1) is 21.3. The molecule has 4 aliphatic rings. The summed E-state index contributed by atoms with van der Waals surface area (Å²) in [6.45, 7) is 9.21. The second-order valence-electron chi connectivity index (χ2n) is 10.0. The Labute approximate surface area is 176 Å². The summed E-state index contributed by atoms with van der Waals surface area (Å²) in [5.41, 5.74) is 0.587. The smallest absolute Gasteiger partial charge is 0.336 e. The second kappa shape index (κ2) is 7.34. The molecule has 3 heterocycles. The molecule has 30 heavy (non-hydrogen) atoms. The predicted octanol–water partition coefficient (Wildman–Crippen LogP) is 2.84. The number of ether oxygens (including phenoxy) is 5. The highest BCUT2D eigenvalue weighted by atomic mass is 16.8. The van der Waals surface area contributed by atoms with Gasteiger partial charge < -0.3 is 23.7 Å². The largest absolute Gasteiger partial charge is 0.455 e. The van der Waals surface area contributed by atoms with Gasteiger partial charge in [0.2, 0.25) is 12.6 Å². The Kier molecular flexibility index (Phi) is 5.21. The average Bonchev–Trinajstić information content (AvgIpc) is 3.16. The number of hydrogen-bond donors (Lipinski definition) is 0. The van der Waals surface area contributed by atoms with Crippen LogP contribution in [-0.2, 0) is 38.1 Å². The van der Waals surface area contributed by atoms with Gasteiger partial charge in [-0.15, -0.1) is 0 Å². The molecule has 0 aromatic heterocycles. The second-order valence-corrected chi connectivity index (χ2v) is 10.0. The first-order valence-corrected chi connectivity index (χ1v) is 10.6. The van der Waals surface area contributed by atoms with Crippen LogP contribution < -0.4 is 0 Å². The Morgan fingerprint density at radius 1 is 1.03 bits per heavy atom. The Morgan fingerprint density at radius 2 is 1.73 bits per heavy atom. The quantitative estimate of drug-likeness (QED) is 0.389. The molecule has 0 bridgehead atoms. The van der Waals surface area contributed by atoms with Crippen LogP contribution >= 0.6 is 0 Å². The average molecular weight is 422 g/mol. The molecule has 0 spiro atoms. The predicted molar refractivity (Wildman–Crippen MR) is 102 cm³/mol. The van der Waals surface area contributed by atoms with E-state index < -0.39 is 54.7 Å². The first-order chi connectivity index (χ1) is 14.0. The van der Waals surface area contributed by atoms with Crippen molar-refractivity contribution in [3.8, 4) is 0 Å². The molecule has 0 aromatic rings. The van der Waals surface area contributed by atoms with Gasteiger partial charge in [0.05, 0.1) is 11.8 Å². The van der Waals surface area contributed by atoms with E-state index in [9.17, 15) is 14.4 Å². The third-order valence-electron chi connectivity index (χ3n) is 6.60. The summed E-state index contributed by atoms with van der Waals surface area (Å²) in [5, 5.41) is 0. The minimum Gasteiger partial charge on any atom is -0.455 e. The molecule has 8 heteroatoms. The first-order valence-electron chi connectivity index (χ1n) is 10.6. The van der Waals surface area contributed by atoms with Crippen LogP contribution in [0.4, 0.5) is 0 Å². The van der Waals surface area contributed by atoms with Gasteiger partial charge in [-0.05, 0) is 30.1 Å². The van der Waals surface area contributed by atoms with E-state index in [1.165, 1.54) is 13.8 Å². The van der Waals surface area contributed by atoms with E-state index in [0.29, 0.717) is 5.57 Å². The van der Waals surface area contributed by atoms with Crippen LogP contribution in [0.15, 0.2) is 11.6 Å². The van der Waals surface area contributed by atoms with E-state index in [2.05, 4.69) is 20.8 Å². The lowest BCUT2D eigenvalue weighted by molar-refractivity contribution is -0.244. The number of fused-ring (bicyclic) bond motifs is 3. The fourth-order valence-corrected chi connectivity index (χ4v) is 5.77. The van der Waals surface area contributed by atoms with E-state index in [0.717, 1.165) is 25.7 Å². The topological polar surface area (TPSA) is 97.4 Å². The normalized spacial score (nSPS) is 43.1. The lowest BCUT2D eigenvalue weighted by atomic mass is 9.63. The molecule has 1 aliphatic carbocycles. The van der Waals surface area contributed by atoms with Crippen molar-refractivity contribution in [1.82, 2.24) is 0 Å². The summed E-state index contributed by atoms with van der Waals surface area (Å²) in [6, 6.07) is 0. The third kappa shape index (κ3) is 3.87. The van der Waals surface area contributed by atoms with Gasteiger partial charge in [0, 0.05) is 19.4 Å². The number of carbonyl (C=O) groups excluding carboxylic acids is 3. The molecule has 0 amide bonds. The van der Waals surface area contributed by atoms with Crippen LogP contribution in [0.3, 0.4) is 0 Å². The van der Waals surface area contributed by atoms with Crippen molar-refractivity contribution in [2.45, 2.75) is 85.3 Å². The molecule has 4 rings (SSSR count). The lowest BCUT2D eigenvalue weighted by Crippen LogP contribution is -2.38. The third-order valence-corrected chi connectivity index (χ3v) is 6.60. The van der Waals surface area contributed by atoms with Crippen LogP contribution in [0.2, 0.25) is 0 Å². The Balaban J connectivity index is 1.66. The van der Waals surface area contributed by atoms with Gasteiger partial charge in [-0.3, -0.25) is 9.59 Å². The molecular weight excluding hydrogens is 392 g/mol. The molecular formula is C22H30O8. The summed E-state index contributed by atoms with van der Waals surface area (Å²) in [7, 11) is 0. The van der Waals surface area contributed by atoms with Crippen molar-refractivity contribution in [2.75, 3.05) is 0 Å². The van der Waals surface area contributed by atoms with E-state index in [1.54, 1.807) is 0 Å². The zero-order chi connectivity index (χ0) is 21.8. The minimum absolute atomic E-state index is 0.144. The molecule has 0 unspecified atom stereocenters. The van der Waals surface area contributed by atoms with E-state index in [1.807, 2.05) is 6.08 Å². The Bertz CT molecular complexity index is 786. The van der Waals surface area contributed by atoms with Crippen LogP contribution in [0.5, 0.6) is 0 Å². The molecule has 1 saturated carbocycles.